The molecule has 35 heavy (non-hydrogen) atoms. The highest BCUT2D eigenvalue weighted by Gasteiger charge is 2.38. The highest BCUT2D eigenvalue weighted by atomic mass is 19.4. The monoisotopic (exact) mass is 505 g/mol. The van der Waals surface area contributed by atoms with E-state index < -0.39 is 35.1 Å². The number of halogens is 6. The van der Waals surface area contributed by atoms with Crippen LogP contribution in [-0.4, -0.2) is 75.1 Å². The van der Waals surface area contributed by atoms with Crippen LogP contribution in [0.5, 0.6) is 0 Å². The summed E-state index contributed by atoms with van der Waals surface area (Å²) in [6, 6.07) is 0.328. The predicted molar refractivity (Wildman–Crippen MR) is 109 cm³/mol. The van der Waals surface area contributed by atoms with Crippen molar-refractivity contribution in [1.82, 2.24) is 30.0 Å². The first-order chi connectivity index (χ1) is 16.4. The molecule has 4 rings (SSSR count). The van der Waals surface area contributed by atoms with Crippen molar-refractivity contribution in [3.05, 3.63) is 45.6 Å². The summed E-state index contributed by atoms with van der Waals surface area (Å²) >= 11 is 0. The molecule has 2 aliphatic rings. The Morgan fingerprint density at radius 1 is 1.00 bits per heavy atom. The summed E-state index contributed by atoms with van der Waals surface area (Å²) in [5, 5.41) is 5.63. The van der Waals surface area contributed by atoms with Crippen molar-refractivity contribution in [3.63, 3.8) is 0 Å². The second kappa shape index (κ2) is 9.43. The molecule has 2 fully saturated rings. The van der Waals surface area contributed by atoms with Gasteiger partial charge in [0.05, 0.1) is 17.3 Å². The van der Waals surface area contributed by atoms with Gasteiger partial charge in [-0.3, -0.25) is 14.5 Å². The molecule has 190 valence electrons. The predicted octanol–water partition coefficient (Wildman–Crippen LogP) is 2.08. The number of anilines is 1. The molecule has 2 aromatic heterocycles. The van der Waals surface area contributed by atoms with E-state index in [1.807, 2.05) is 10.00 Å². The summed E-state index contributed by atoms with van der Waals surface area (Å²) in [5.41, 5.74) is -3.45. The lowest BCUT2D eigenvalue weighted by molar-refractivity contribution is -0.139. The summed E-state index contributed by atoms with van der Waals surface area (Å²) < 4.78 is 77.0. The summed E-state index contributed by atoms with van der Waals surface area (Å²) in [7, 11) is 0. The molecule has 2 aromatic rings. The minimum absolute atomic E-state index is 0.0979. The molecule has 1 unspecified atom stereocenters. The Balaban J connectivity index is 1.27. The summed E-state index contributed by atoms with van der Waals surface area (Å²) in [6.45, 7) is 2.27. The Morgan fingerprint density at radius 2 is 1.66 bits per heavy atom. The molecule has 4 heterocycles. The van der Waals surface area contributed by atoms with Crippen LogP contribution in [0.2, 0.25) is 0 Å². The van der Waals surface area contributed by atoms with Gasteiger partial charge in [-0.25, -0.2) is 15.1 Å². The molecule has 9 nitrogen and oxygen atoms in total. The zero-order chi connectivity index (χ0) is 25.4. The first-order valence-corrected chi connectivity index (χ1v) is 10.8. The quantitative estimate of drug-likeness (QED) is 0.622. The van der Waals surface area contributed by atoms with Gasteiger partial charge < -0.3 is 9.80 Å². The smallest absolute Gasteiger partial charge is 0.339 e. The maximum Gasteiger partial charge on any atom is 0.421 e. The first kappa shape index (κ1) is 24.9. The van der Waals surface area contributed by atoms with E-state index in [2.05, 4.69) is 15.1 Å². The van der Waals surface area contributed by atoms with Gasteiger partial charge in [-0.2, -0.15) is 31.4 Å². The van der Waals surface area contributed by atoms with Gasteiger partial charge in [-0.05, 0) is 12.5 Å². The van der Waals surface area contributed by atoms with Gasteiger partial charge in [0.15, 0.2) is 0 Å². The number of amides is 1. The van der Waals surface area contributed by atoms with Crippen LogP contribution >= 0.6 is 0 Å². The largest absolute Gasteiger partial charge is 0.421 e. The van der Waals surface area contributed by atoms with Gasteiger partial charge in [0.2, 0.25) is 11.9 Å². The van der Waals surface area contributed by atoms with Crippen molar-refractivity contribution in [1.29, 1.82) is 0 Å². The molecule has 1 amide bonds. The van der Waals surface area contributed by atoms with Crippen LogP contribution in [0.1, 0.15) is 35.7 Å². The molecule has 15 heteroatoms. The van der Waals surface area contributed by atoms with Crippen molar-refractivity contribution in [2.24, 2.45) is 0 Å². The van der Waals surface area contributed by atoms with E-state index in [0.717, 1.165) is 18.5 Å². The third kappa shape index (κ3) is 5.55. The number of nitrogens with one attached hydrogen (secondary N) is 1. The fourth-order valence-electron chi connectivity index (χ4n) is 4.03. The van der Waals surface area contributed by atoms with E-state index in [1.54, 1.807) is 9.80 Å². The number of aromatic nitrogens is 4. The maximum atomic E-state index is 13.0. The van der Waals surface area contributed by atoms with E-state index in [9.17, 15) is 35.9 Å². The van der Waals surface area contributed by atoms with E-state index in [4.69, 9.17) is 0 Å². The Morgan fingerprint density at radius 3 is 2.20 bits per heavy atom. The lowest BCUT2D eigenvalue weighted by atomic mass is 9.98. The van der Waals surface area contributed by atoms with Crippen molar-refractivity contribution >= 4 is 11.9 Å². The van der Waals surface area contributed by atoms with Crippen LogP contribution in [0, 0.1) is 0 Å². The third-order valence-electron chi connectivity index (χ3n) is 6.09. The third-order valence-corrected chi connectivity index (χ3v) is 6.09. The molecule has 1 atom stereocenters. The SMILES string of the molecule is O=C(CCN1CCC1c1cc(C(F)(F)F)c(=O)[nH]n1)N1CCN(c2ncc(C(F)(F)F)cn2)CC1. The molecule has 0 bridgehead atoms. The summed E-state index contributed by atoms with van der Waals surface area (Å²) in [5.74, 6) is 0.00851. The van der Waals surface area contributed by atoms with Crippen LogP contribution in [0.15, 0.2) is 23.3 Å². The first-order valence-electron chi connectivity index (χ1n) is 10.8. The van der Waals surface area contributed by atoms with Crippen molar-refractivity contribution in [3.8, 4) is 0 Å². The molecule has 2 saturated heterocycles. The van der Waals surface area contributed by atoms with E-state index in [1.165, 1.54) is 0 Å². The van der Waals surface area contributed by atoms with Crippen molar-refractivity contribution in [2.75, 3.05) is 44.2 Å². The van der Waals surface area contributed by atoms with Gasteiger partial charge in [0, 0.05) is 58.1 Å². The average molecular weight is 505 g/mol. The topological polar surface area (TPSA) is 98.3 Å². The number of nitrogens with zero attached hydrogens (tertiary/aromatic N) is 6. The minimum atomic E-state index is -4.79. The van der Waals surface area contributed by atoms with Crippen LogP contribution in [0.25, 0.3) is 0 Å². The van der Waals surface area contributed by atoms with Crippen LogP contribution < -0.4 is 10.5 Å². The fourth-order valence-corrected chi connectivity index (χ4v) is 4.03. The molecule has 0 spiro atoms. The van der Waals surface area contributed by atoms with Crippen LogP contribution in [-0.2, 0) is 17.1 Å². The number of hydrogen-bond acceptors (Lipinski definition) is 7. The van der Waals surface area contributed by atoms with E-state index in [0.29, 0.717) is 45.7 Å². The number of rotatable bonds is 5. The average Bonchev–Trinajstić information content (AvgIpc) is 2.78. The van der Waals surface area contributed by atoms with Crippen molar-refractivity contribution < 1.29 is 31.1 Å². The number of piperazine rings is 1. The van der Waals surface area contributed by atoms with E-state index in [-0.39, 0.29) is 24.0 Å². The number of carbonyl (C=O) groups excluding carboxylic acids is 1. The number of likely N-dealkylation sites (tertiary alicyclic amines) is 1. The van der Waals surface area contributed by atoms with E-state index >= 15 is 0 Å². The van der Waals surface area contributed by atoms with Crippen LogP contribution in [0.3, 0.4) is 0 Å². The van der Waals surface area contributed by atoms with Gasteiger partial charge in [0.1, 0.15) is 5.56 Å². The highest BCUT2D eigenvalue weighted by Crippen LogP contribution is 2.34. The Labute approximate surface area is 194 Å². The van der Waals surface area contributed by atoms with Crippen LogP contribution in [0.4, 0.5) is 32.3 Å². The molecule has 2 aliphatic heterocycles. The number of H-pyrrole nitrogens is 1. The number of hydrogen-bond donors (Lipinski definition) is 1. The lowest BCUT2D eigenvalue weighted by Gasteiger charge is -2.41. The van der Waals surface area contributed by atoms with Crippen molar-refractivity contribution in [2.45, 2.75) is 31.2 Å². The lowest BCUT2D eigenvalue weighted by Crippen LogP contribution is -2.50. The maximum absolute atomic E-state index is 13.0. The molecular weight excluding hydrogens is 484 g/mol. The van der Waals surface area contributed by atoms with Gasteiger partial charge in [0.25, 0.3) is 5.56 Å². The molecular formula is C20H21F6N7O2. The number of aromatic amines is 1. The zero-order valence-corrected chi connectivity index (χ0v) is 18.2. The standard InChI is InChI=1S/C20H21F6N7O2/c21-19(22,23)12-10-27-18(28-11-12)33-7-5-32(6-8-33)16(34)2-4-31-3-1-15(31)14-9-13(20(24,25)26)17(35)30-29-14/h9-11,15H,1-8H2,(H,30,35). The molecule has 0 aromatic carbocycles. The Hall–Kier alpha value is -3.23. The Bertz CT molecular complexity index is 1110. The normalized spacial score (nSPS) is 19.5. The number of alkyl halides is 6. The van der Waals surface area contributed by atoms with Gasteiger partial charge >= 0.3 is 12.4 Å². The van der Waals surface area contributed by atoms with Gasteiger partial charge in [-0.1, -0.05) is 0 Å². The summed E-state index contributed by atoms with van der Waals surface area (Å²) in [4.78, 5) is 36.7. The number of carbonyl (C=O) groups is 1. The highest BCUT2D eigenvalue weighted by molar-refractivity contribution is 5.76. The second-order valence-electron chi connectivity index (χ2n) is 8.26. The molecule has 0 radical (unpaired) electrons. The second-order valence-corrected chi connectivity index (χ2v) is 8.26. The molecule has 1 N–H and O–H groups in total. The zero-order valence-electron chi connectivity index (χ0n) is 18.2. The fraction of sp³-hybridized carbons (Fsp3) is 0.550. The molecule has 0 saturated carbocycles. The minimum Gasteiger partial charge on any atom is -0.339 e. The van der Waals surface area contributed by atoms with Gasteiger partial charge in [-0.15, -0.1) is 0 Å². The Kier molecular flexibility index (Phi) is 6.71. The summed E-state index contributed by atoms with van der Waals surface area (Å²) in [6.07, 6.45) is -7.17. The molecule has 0 aliphatic carbocycles.